The summed E-state index contributed by atoms with van der Waals surface area (Å²) in [5.41, 5.74) is 1.70. The van der Waals surface area contributed by atoms with E-state index in [4.69, 9.17) is 4.74 Å². The van der Waals surface area contributed by atoms with Crippen LogP contribution in [-0.2, 0) is 14.8 Å². The second-order valence-corrected chi connectivity index (χ2v) is 8.14. The first-order chi connectivity index (χ1) is 12.3. The molecule has 140 valence electrons. The number of hydrogen-bond donors (Lipinski definition) is 2. The lowest BCUT2D eigenvalue weighted by atomic mass is 10.2. The SMILES string of the molecule is Cc1ccccc1NC(=O)COc1ccc(S(=O)(=O)NCC(C)C)cc1. The van der Waals surface area contributed by atoms with Gasteiger partial charge in [-0.25, -0.2) is 13.1 Å². The Hall–Kier alpha value is -2.38. The lowest BCUT2D eigenvalue weighted by Gasteiger charge is -2.11. The Kier molecular flexibility index (Phi) is 6.76. The molecular formula is C19H24N2O4S. The van der Waals surface area contributed by atoms with Gasteiger partial charge in [0.2, 0.25) is 10.0 Å². The third kappa shape index (κ3) is 5.86. The summed E-state index contributed by atoms with van der Waals surface area (Å²) in [6.07, 6.45) is 0. The normalized spacial score (nSPS) is 11.4. The van der Waals surface area contributed by atoms with E-state index >= 15 is 0 Å². The molecule has 0 spiro atoms. The van der Waals surface area contributed by atoms with Crippen molar-refractivity contribution in [2.75, 3.05) is 18.5 Å². The Bertz CT molecular complexity index is 846. The number of carbonyl (C=O) groups is 1. The number of sulfonamides is 1. The van der Waals surface area contributed by atoms with Crippen molar-refractivity contribution in [3.63, 3.8) is 0 Å². The molecular weight excluding hydrogens is 352 g/mol. The van der Waals surface area contributed by atoms with Gasteiger partial charge in [-0.3, -0.25) is 4.79 Å². The van der Waals surface area contributed by atoms with Crippen molar-refractivity contribution >= 4 is 21.6 Å². The summed E-state index contributed by atoms with van der Waals surface area (Å²) in [6, 6.07) is 13.4. The fourth-order valence-electron chi connectivity index (χ4n) is 2.12. The molecule has 0 radical (unpaired) electrons. The molecule has 0 aliphatic heterocycles. The van der Waals surface area contributed by atoms with E-state index in [-0.39, 0.29) is 23.3 Å². The minimum absolute atomic E-state index is 0.161. The minimum atomic E-state index is -3.53. The number of benzene rings is 2. The van der Waals surface area contributed by atoms with E-state index in [1.165, 1.54) is 24.3 Å². The molecule has 0 heterocycles. The van der Waals surface area contributed by atoms with Crippen LogP contribution in [0.25, 0.3) is 0 Å². The van der Waals surface area contributed by atoms with Crippen LogP contribution in [0.3, 0.4) is 0 Å². The molecule has 0 aliphatic rings. The Morgan fingerprint density at radius 2 is 1.73 bits per heavy atom. The molecule has 1 amide bonds. The molecule has 26 heavy (non-hydrogen) atoms. The summed E-state index contributed by atoms with van der Waals surface area (Å²) in [4.78, 5) is 12.1. The van der Waals surface area contributed by atoms with Gasteiger partial charge in [0, 0.05) is 12.2 Å². The molecule has 0 aromatic heterocycles. The smallest absolute Gasteiger partial charge is 0.262 e. The molecule has 0 atom stereocenters. The first-order valence-electron chi connectivity index (χ1n) is 8.36. The summed E-state index contributed by atoms with van der Waals surface area (Å²) in [5.74, 6) is 0.362. The number of carbonyl (C=O) groups excluding carboxylic acids is 1. The number of para-hydroxylation sites is 1. The summed E-state index contributed by atoms with van der Waals surface area (Å²) >= 11 is 0. The monoisotopic (exact) mass is 376 g/mol. The highest BCUT2D eigenvalue weighted by Crippen LogP contribution is 2.17. The molecule has 0 fully saturated rings. The number of anilines is 1. The van der Waals surface area contributed by atoms with Crippen LogP contribution in [0.4, 0.5) is 5.69 Å². The van der Waals surface area contributed by atoms with Crippen molar-refractivity contribution < 1.29 is 17.9 Å². The van der Waals surface area contributed by atoms with Crippen molar-refractivity contribution in [3.8, 4) is 5.75 Å². The van der Waals surface area contributed by atoms with Crippen LogP contribution in [0.15, 0.2) is 53.4 Å². The van der Waals surface area contributed by atoms with E-state index in [0.29, 0.717) is 12.3 Å². The highest BCUT2D eigenvalue weighted by molar-refractivity contribution is 7.89. The summed E-state index contributed by atoms with van der Waals surface area (Å²) in [6.45, 7) is 5.98. The predicted octanol–water partition coefficient (Wildman–Crippen LogP) is 2.95. The second kappa shape index (κ2) is 8.82. The van der Waals surface area contributed by atoms with Crippen molar-refractivity contribution in [1.82, 2.24) is 4.72 Å². The van der Waals surface area contributed by atoms with E-state index in [0.717, 1.165) is 11.3 Å². The highest BCUT2D eigenvalue weighted by atomic mass is 32.2. The number of ether oxygens (including phenoxy) is 1. The van der Waals surface area contributed by atoms with Gasteiger partial charge in [-0.15, -0.1) is 0 Å². The van der Waals surface area contributed by atoms with Crippen LogP contribution < -0.4 is 14.8 Å². The zero-order valence-corrected chi connectivity index (χ0v) is 16.0. The van der Waals surface area contributed by atoms with Crippen LogP contribution in [0.2, 0.25) is 0 Å². The van der Waals surface area contributed by atoms with Crippen LogP contribution in [-0.4, -0.2) is 27.5 Å². The lowest BCUT2D eigenvalue weighted by molar-refractivity contribution is -0.118. The van der Waals surface area contributed by atoms with Gasteiger partial charge in [0.1, 0.15) is 5.75 Å². The summed E-state index contributed by atoms with van der Waals surface area (Å²) < 4.78 is 32.2. The fraction of sp³-hybridized carbons (Fsp3) is 0.316. The van der Waals surface area contributed by atoms with E-state index in [2.05, 4.69) is 10.0 Å². The van der Waals surface area contributed by atoms with E-state index < -0.39 is 10.0 Å². The number of aryl methyl sites for hydroxylation is 1. The molecule has 2 aromatic rings. The van der Waals surface area contributed by atoms with Crippen molar-refractivity contribution in [1.29, 1.82) is 0 Å². The van der Waals surface area contributed by atoms with Gasteiger partial charge in [0.15, 0.2) is 6.61 Å². The molecule has 0 unspecified atom stereocenters. The number of amides is 1. The van der Waals surface area contributed by atoms with Crippen molar-refractivity contribution in [2.24, 2.45) is 5.92 Å². The first kappa shape index (κ1) is 19.9. The van der Waals surface area contributed by atoms with Crippen molar-refractivity contribution in [2.45, 2.75) is 25.7 Å². The summed E-state index contributed by atoms with van der Waals surface area (Å²) in [5, 5.41) is 2.77. The average Bonchev–Trinajstić information content (AvgIpc) is 2.61. The van der Waals surface area contributed by atoms with E-state index in [9.17, 15) is 13.2 Å². The molecule has 2 aromatic carbocycles. The third-order valence-corrected chi connectivity index (χ3v) is 5.04. The van der Waals surface area contributed by atoms with Crippen LogP contribution in [0, 0.1) is 12.8 Å². The van der Waals surface area contributed by atoms with Gasteiger partial charge >= 0.3 is 0 Å². The van der Waals surface area contributed by atoms with Crippen LogP contribution in [0.1, 0.15) is 19.4 Å². The zero-order valence-electron chi connectivity index (χ0n) is 15.2. The molecule has 0 saturated carbocycles. The van der Waals surface area contributed by atoms with Crippen molar-refractivity contribution in [3.05, 3.63) is 54.1 Å². The van der Waals surface area contributed by atoms with Gasteiger partial charge < -0.3 is 10.1 Å². The molecule has 2 rings (SSSR count). The quantitative estimate of drug-likeness (QED) is 0.742. The lowest BCUT2D eigenvalue weighted by Crippen LogP contribution is -2.27. The van der Waals surface area contributed by atoms with Crippen LogP contribution >= 0.6 is 0 Å². The topological polar surface area (TPSA) is 84.5 Å². The molecule has 7 heteroatoms. The van der Waals surface area contributed by atoms with Gasteiger partial charge in [0.25, 0.3) is 5.91 Å². The molecule has 2 N–H and O–H groups in total. The van der Waals surface area contributed by atoms with Gasteiger partial charge in [-0.2, -0.15) is 0 Å². The minimum Gasteiger partial charge on any atom is -0.484 e. The molecule has 0 saturated heterocycles. The average molecular weight is 376 g/mol. The van der Waals surface area contributed by atoms with Gasteiger partial charge in [-0.1, -0.05) is 32.0 Å². The number of nitrogens with one attached hydrogen (secondary N) is 2. The van der Waals surface area contributed by atoms with Gasteiger partial charge in [-0.05, 0) is 48.7 Å². The Labute approximate surface area is 154 Å². The predicted molar refractivity (Wildman–Crippen MR) is 102 cm³/mol. The Morgan fingerprint density at radius 1 is 1.08 bits per heavy atom. The molecule has 6 nitrogen and oxygen atoms in total. The summed E-state index contributed by atoms with van der Waals surface area (Å²) in [7, 11) is -3.53. The van der Waals surface area contributed by atoms with Crippen LogP contribution in [0.5, 0.6) is 5.75 Å². The second-order valence-electron chi connectivity index (χ2n) is 6.37. The Morgan fingerprint density at radius 3 is 2.35 bits per heavy atom. The van der Waals surface area contributed by atoms with E-state index in [1.807, 2.05) is 45.0 Å². The number of rotatable bonds is 8. The molecule has 0 bridgehead atoms. The molecule has 0 aliphatic carbocycles. The number of hydrogen-bond acceptors (Lipinski definition) is 4. The Balaban J connectivity index is 1.91. The maximum absolute atomic E-state index is 12.1. The standard InChI is InChI=1S/C19H24N2O4S/c1-14(2)12-20-26(23,24)17-10-8-16(9-11-17)25-13-19(22)21-18-7-5-4-6-15(18)3/h4-11,14,20H,12-13H2,1-3H3,(H,21,22). The first-order valence-corrected chi connectivity index (χ1v) is 9.84. The van der Waals surface area contributed by atoms with Gasteiger partial charge in [0.05, 0.1) is 4.90 Å². The van der Waals surface area contributed by atoms with E-state index in [1.54, 1.807) is 0 Å². The third-order valence-electron chi connectivity index (χ3n) is 3.60. The highest BCUT2D eigenvalue weighted by Gasteiger charge is 2.14. The maximum Gasteiger partial charge on any atom is 0.262 e. The largest absolute Gasteiger partial charge is 0.484 e. The fourth-order valence-corrected chi connectivity index (χ4v) is 3.34. The maximum atomic E-state index is 12.1. The zero-order chi connectivity index (χ0) is 19.2.